The van der Waals surface area contributed by atoms with E-state index in [2.05, 4.69) is 21.4 Å². The molecule has 0 unspecified atom stereocenters. The second-order valence-corrected chi connectivity index (χ2v) is 7.61. The molecule has 0 radical (unpaired) electrons. The quantitative estimate of drug-likeness (QED) is 0.645. The number of halogens is 1. The lowest BCUT2D eigenvalue weighted by Crippen LogP contribution is -2.23. The summed E-state index contributed by atoms with van der Waals surface area (Å²) in [4.78, 5) is 16.6. The Balaban J connectivity index is 1.55. The van der Waals surface area contributed by atoms with E-state index in [0.29, 0.717) is 11.5 Å². The molecule has 0 aliphatic heterocycles. The summed E-state index contributed by atoms with van der Waals surface area (Å²) in [6.45, 7) is 1.86. The third kappa shape index (κ3) is 2.36. The van der Waals surface area contributed by atoms with Crippen LogP contribution in [0.2, 0.25) is 0 Å². The minimum Gasteiger partial charge on any atom is -0.294 e. The monoisotopic (exact) mass is 362 g/mol. The Morgan fingerprint density at radius 3 is 2.78 bits per heavy atom. The van der Waals surface area contributed by atoms with Gasteiger partial charge in [0.25, 0.3) is 0 Å². The maximum atomic E-state index is 14.0. The molecule has 1 saturated carbocycles. The number of carbonyl (C=O) groups is 1. The lowest BCUT2D eigenvalue weighted by Gasteiger charge is -2.19. The Kier molecular flexibility index (Phi) is 3.50. The van der Waals surface area contributed by atoms with Gasteiger partial charge in [-0.05, 0) is 49.9 Å². The Morgan fingerprint density at radius 2 is 2.00 bits per heavy atom. The Hall–Kier alpha value is -2.89. The van der Waals surface area contributed by atoms with Crippen LogP contribution in [0.3, 0.4) is 0 Å². The maximum Gasteiger partial charge on any atom is 0.238 e. The number of carbonyl (C=O) groups excluding carboxylic acids is 1. The summed E-state index contributed by atoms with van der Waals surface area (Å²) >= 11 is 0. The van der Waals surface area contributed by atoms with Gasteiger partial charge in [0.15, 0.2) is 5.78 Å². The van der Waals surface area contributed by atoms with Gasteiger partial charge in [-0.25, -0.2) is 9.67 Å². The Morgan fingerprint density at radius 1 is 1.19 bits per heavy atom. The van der Waals surface area contributed by atoms with Crippen LogP contribution in [-0.4, -0.2) is 25.8 Å². The van der Waals surface area contributed by atoms with Crippen LogP contribution in [-0.2, 0) is 6.42 Å². The van der Waals surface area contributed by atoms with Crippen molar-refractivity contribution in [3.05, 3.63) is 59.3 Å². The molecule has 1 fully saturated rings. The van der Waals surface area contributed by atoms with E-state index < -0.39 is 5.95 Å². The molecule has 2 heterocycles. The van der Waals surface area contributed by atoms with Crippen LogP contribution >= 0.6 is 0 Å². The predicted molar refractivity (Wildman–Crippen MR) is 98.2 cm³/mol. The number of fused-ring (bicyclic) bond motifs is 1. The van der Waals surface area contributed by atoms with Gasteiger partial charge in [0.1, 0.15) is 11.4 Å². The Labute approximate surface area is 156 Å². The van der Waals surface area contributed by atoms with Crippen molar-refractivity contribution < 1.29 is 9.18 Å². The van der Waals surface area contributed by atoms with E-state index in [1.54, 1.807) is 12.1 Å². The molecule has 6 heteroatoms. The minimum absolute atomic E-state index is 0.174. The van der Waals surface area contributed by atoms with Gasteiger partial charge in [0.05, 0.1) is 5.69 Å². The smallest absolute Gasteiger partial charge is 0.238 e. The van der Waals surface area contributed by atoms with Gasteiger partial charge in [0, 0.05) is 22.7 Å². The third-order valence-corrected chi connectivity index (χ3v) is 6.06. The van der Waals surface area contributed by atoms with Crippen molar-refractivity contribution >= 4 is 5.78 Å². The van der Waals surface area contributed by atoms with Crippen molar-refractivity contribution in [2.75, 3.05) is 0 Å². The van der Waals surface area contributed by atoms with Crippen LogP contribution in [0.25, 0.3) is 16.9 Å². The molecular weight excluding hydrogens is 343 g/mol. The van der Waals surface area contributed by atoms with E-state index in [4.69, 9.17) is 0 Å². The number of benzene rings is 1. The van der Waals surface area contributed by atoms with Crippen LogP contribution in [0.15, 0.2) is 36.5 Å². The maximum absolute atomic E-state index is 14.0. The number of aromatic nitrogens is 4. The summed E-state index contributed by atoms with van der Waals surface area (Å²) in [5, 5.41) is 8.39. The van der Waals surface area contributed by atoms with Gasteiger partial charge in [0.2, 0.25) is 5.95 Å². The van der Waals surface area contributed by atoms with E-state index in [-0.39, 0.29) is 11.1 Å². The normalized spacial score (nSPS) is 17.6. The average Bonchev–Trinajstić information content (AvgIpc) is 3.35. The fraction of sp³-hybridized carbons (Fsp3) is 0.333. The third-order valence-electron chi connectivity index (χ3n) is 6.06. The topological polar surface area (TPSA) is 60.7 Å². The van der Waals surface area contributed by atoms with E-state index in [1.807, 2.05) is 19.1 Å². The summed E-state index contributed by atoms with van der Waals surface area (Å²) in [7, 11) is 0. The highest BCUT2D eigenvalue weighted by Gasteiger charge is 2.46. The first-order valence-electron chi connectivity index (χ1n) is 9.30. The molecule has 1 spiro atoms. The first-order valence-corrected chi connectivity index (χ1v) is 9.30. The zero-order chi connectivity index (χ0) is 18.6. The van der Waals surface area contributed by atoms with Crippen molar-refractivity contribution in [1.29, 1.82) is 0 Å². The number of rotatable bonds is 2. The lowest BCUT2D eigenvalue weighted by atomic mass is 9.82. The SMILES string of the molecule is Cc1c(-c2ccc3c(c2)CC2(CCCC2)C3=O)nnn1-c1cccnc1F. The van der Waals surface area contributed by atoms with Crippen LogP contribution in [0, 0.1) is 18.3 Å². The van der Waals surface area contributed by atoms with Crippen molar-refractivity contribution in [3.8, 4) is 16.9 Å². The van der Waals surface area contributed by atoms with Gasteiger partial charge in [-0.1, -0.05) is 30.2 Å². The number of hydrogen-bond donors (Lipinski definition) is 0. The zero-order valence-electron chi connectivity index (χ0n) is 15.1. The Bertz CT molecular complexity index is 1070. The number of Topliss-reactive ketones (excluding diaryl/α,β-unsaturated/α-hetero) is 1. The second kappa shape index (κ2) is 5.81. The zero-order valence-corrected chi connectivity index (χ0v) is 15.1. The molecule has 0 atom stereocenters. The summed E-state index contributed by atoms with van der Waals surface area (Å²) in [6.07, 6.45) is 6.48. The van der Waals surface area contributed by atoms with E-state index >= 15 is 0 Å². The van der Waals surface area contributed by atoms with Gasteiger partial charge in [-0.2, -0.15) is 4.39 Å². The number of hydrogen-bond acceptors (Lipinski definition) is 4. The molecule has 5 rings (SSSR count). The molecule has 0 bridgehead atoms. The van der Waals surface area contributed by atoms with Crippen molar-refractivity contribution in [2.45, 2.75) is 39.0 Å². The first-order chi connectivity index (χ1) is 13.1. The van der Waals surface area contributed by atoms with Crippen LogP contribution in [0.4, 0.5) is 4.39 Å². The van der Waals surface area contributed by atoms with Gasteiger partial charge >= 0.3 is 0 Å². The number of ketones is 1. The highest BCUT2D eigenvalue weighted by molar-refractivity contribution is 6.05. The highest BCUT2D eigenvalue weighted by Crippen LogP contribution is 2.49. The summed E-state index contributed by atoms with van der Waals surface area (Å²) < 4.78 is 15.5. The average molecular weight is 362 g/mol. The molecule has 136 valence electrons. The predicted octanol–water partition coefficient (Wildman–Crippen LogP) is 4.08. The molecular formula is C21H19FN4O. The fourth-order valence-corrected chi connectivity index (χ4v) is 4.66. The van der Waals surface area contributed by atoms with E-state index in [9.17, 15) is 9.18 Å². The molecule has 0 amide bonds. The molecule has 0 N–H and O–H groups in total. The molecule has 27 heavy (non-hydrogen) atoms. The van der Waals surface area contributed by atoms with Crippen molar-refractivity contribution in [3.63, 3.8) is 0 Å². The molecule has 2 aliphatic rings. The number of pyridine rings is 1. The first kappa shape index (κ1) is 16.3. The molecule has 0 saturated heterocycles. The minimum atomic E-state index is -0.584. The highest BCUT2D eigenvalue weighted by atomic mass is 19.1. The molecule has 1 aromatic carbocycles. The lowest BCUT2D eigenvalue weighted by molar-refractivity contribution is 0.0827. The second-order valence-electron chi connectivity index (χ2n) is 7.61. The molecule has 2 aliphatic carbocycles. The fourth-order valence-electron chi connectivity index (χ4n) is 4.66. The van der Waals surface area contributed by atoms with Crippen LogP contribution in [0.1, 0.15) is 47.3 Å². The summed E-state index contributed by atoms with van der Waals surface area (Å²) in [5.74, 6) is -0.279. The molecule has 3 aromatic rings. The van der Waals surface area contributed by atoms with E-state index in [1.165, 1.54) is 10.9 Å². The van der Waals surface area contributed by atoms with Crippen LogP contribution < -0.4 is 0 Å². The van der Waals surface area contributed by atoms with Crippen molar-refractivity contribution in [1.82, 2.24) is 20.0 Å². The molecule has 2 aromatic heterocycles. The summed E-state index contributed by atoms with van der Waals surface area (Å²) in [6, 6.07) is 9.19. The van der Waals surface area contributed by atoms with Crippen LogP contribution in [0.5, 0.6) is 0 Å². The van der Waals surface area contributed by atoms with Crippen molar-refractivity contribution in [2.24, 2.45) is 5.41 Å². The molecule has 5 nitrogen and oxygen atoms in total. The standard InChI is InChI=1S/C21H19FN4O/c1-13-18(24-25-26(13)17-5-4-10-23-20(17)22)14-6-7-16-15(11-14)12-21(19(16)27)8-2-3-9-21/h4-7,10-11H,2-3,8-9,12H2,1H3. The van der Waals surface area contributed by atoms with E-state index in [0.717, 1.165) is 54.5 Å². The summed E-state index contributed by atoms with van der Waals surface area (Å²) in [5.41, 5.74) is 4.39. The largest absolute Gasteiger partial charge is 0.294 e. The number of nitrogens with zero attached hydrogens (tertiary/aromatic N) is 4. The van der Waals surface area contributed by atoms with Gasteiger partial charge < -0.3 is 0 Å². The van der Waals surface area contributed by atoms with Gasteiger partial charge in [-0.15, -0.1) is 5.10 Å². The van der Waals surface area contributed by atoms with Gasteiger partial charge in [-0.3, -0.25) is 4.79 Å².